The van der Waals surface area contributed by atoms with Crippen LogP contribution >= 0.6 is 0 Å². The van der Waals surface area contributed by atoms with Gasteiger partial charge in [0, 0.05) is 13.1 Å². The van der Waals surface area contributed by atoms with Gasteiger partial charge in [-0.15, -0.1) is 0 Å². The number of carbonyl (C=O) groups is 2. The molecule has 27 heavy (non-hydrogen) atoms. The van der Waals surface area contributed by atoms with Gasteiger partial charge in [0.1, 0.15) is 11.9 Å². The second-order valence-electron chi connectivity index (χ2n) is 6.83. The van der Waals surface area contributed by atoms with Gasteiger partial charge in [-0.3, -0.25) is 9.59 Å². The number of amides is 2. The monoisotopic (exact) mass is 370 g/mol. The van der Waals surface area contributed by atoms with Crippen molar-refractivity contribution in [3.8, 4) is 0 Å². The minimum atomic E-state index is -0.618. The highest BCUT2D eigenvalue weighted by atomic mass is 19.1. The quantitative estimate of drug-likeness (QED) is 0.810. The van der Waals surface area contributed by atoms with E-state index in [2.05, 4.69) is 5.32 Å². The Labute approximate surface area is 160 Å². The van der Waals surface area contributed by atoms with Crippen molar-refractivity contribution in [1.82, 2.24) is 10.2 Å². The summed E-state index contributed by atoms with van der Waals surface area (Å²) in [7, 11) is 0. The van der Waals surface area contributed by atoms with Crippen LogP contribution in [0.25, 0.3) is 0 Å². The van der Waals surface area contributed by atoms with Gasteiger partial charge in [-0.05, 0) is 56.5 Å². The topological polar surface area (TPSA) is 49.4 Å². The van der Waals surface area contributed by atoms with E-state index < -0.39 is 6.04 Å². The lowest BCUT2D eigenvalue weighted by molar-refractivity contribution is -0.140. The number of hydrogen-bond acceptors (Lipinski definition) is 2. The van der Waals surface area contributed by atoms with E-state index in [1.165, 1.54) is 12.1 Å². The van der Waals surface area contributed by atoms with Crippen molar-refractivity contribution < 1.29 is 14.0 Å². The number of halogens is 1. The minimum Gasteiger partial charge on any atom is -0.355 e. The third kappa shape index (κ3) is 5.64. The molecule has 0 bridgehead atoms. The molecule has 2 aromatic carbocycles. The average molecular weight is 370 g/mol. The zero-order valence-electron chi connectivity index (χ0n) is 16.4. The molecule has 1 N–H and O–H groups in total. The third-order valence-corrected chi connectivity index (χ3v) is 4.63. The van der Waals surface area contributed by atoms with E-state index in [1.807, 2.05) is 39.0 Å². The number of hydrogen-bond donors (Lipinski definition) is 1. The Kier molecular flexibility index (Phi) is 7.11. The third-order valence-electron chi connectivity index (χ3n) is 4.63. The molecule has 0 saturated heterocycles. The summed E-state index contributed by atoms with van der Waals surface area (Å²) in [4.78, 5) is 27.0. The van der Waals surface area contributed by atoms with Gasteiger partial charge in [0.2, 0.25) is 11.8 Å². The molecule has 2 rings (SSSR count). The zero-order valence-corrected chi connectivity index (χ0v) is 16.4. The maximum Gasteiger partial charge on any atom is 0.242 e. The highest BCUT2D eigenvalue weighted by molar-refractivity contribution is 5.88. The Morgan fingerprint density at radius 1 is 1.11 bits per heavy atom. The lowest BCUT2D eigenvalue weighted by Crippen LogP contribution is -2.48. The van der Waals surface area contributed by atoms with Gasteiger partial charge in [-0.2, -0.15) is 0 Å². The van der Waals surface area contributed by atoms with Crippen LogP contribution in [0.3, 0.4) is 0 Å². The fourth-order valence-corrected chi connectivity index (χ4v) is 2.95. The van der Waals surface area contributed by atoms with E-state index in [9.17, 15) is 14.0 Å². The van der Waals surface area contributed by atoms with Crippen LogP contribution in [0, 0.1) is 19.7 Å². The van der Waals surface area contributed by atoms with Crippen LogP contribution in [0.4, 0.5) is 4.39 Å². The molecule has 0 aliphatic heterocycles. The molecule has 0 unspecified atom stereocenters. The molecular formula is C22H27FN2O2. The first-order valence-corrected chi connectivity index (χ1v) is 9.19. The molecule has 1 atom stereocenters. The smallest absolute Gasteiger partial charge is 0.242 e. The average Bonchev–Trinajstić information content (AvgIpc) is 2.63. The van der Waals surface area contributed by atoms with Gasteiger partial charge in [0.15, 0.2) is 0 Å². The summed E-state index contributed by atoms with van der Waals surface area (Å²) in [6.45, 7) is 8.27. The lowest BCUT2D eigenvalue weighted by atomic mass is 10.0. The number of rotatable bonds is 7. The molecule has 0 heterocycles. The van der Waals surface area contributed by atoms with Crippen LogP contribution in [0.15, 0.2) is 42.5 Å². The SMILES string of the molecule is CCNC(=O)[C@@H](C)N(Cc1ccc(F)cc1)C(=O)Cc1cc(C)ccc1C. The van der Waals surface area contributed by atoms with Crippen LogP contribution in [-0.4, -0.2) is 29.3 Å². The first-order chi connectivity index (χ1) is 12.8. The highest BCUT2D eigenvalue weighted by Crippen LogP contribution is 2.16. The van der Waals surface area contributed by atoms with Crippen molar-refractivity contribution in [1.29, 1.82) is 0 Å². The normalized spacial score (nSPS) is 11.7. The maximum absolute atomic E-state index is 13.2. The molecule has 0 aromatic heterocycles. The number of nitrogens with zero attached hydrogens (tertiary/aromatic N) is 1. The summed E-state index contributed by atoms with van der Waals surface area (Å²) >= 11 is 0. The van der Waals surface area contributed by atoms with Gasteiger partial charge in [-0.1, -0.05) is 35.9 Å². The van der Waals surface area contributed by atoms with E-state index in [0.29, 0.717) is 6.54 Å². The molecule has 2 amide bonds. The maximum atomic E-state index is 13.2. The van der Waals surface area contributed by atoms with Crippen LogP contribution < -0.4 is 5.32 Å². The standard InChI is InChI=1S/C22H27FN2O2/c1-5-24-22(27)17(4)25(14-18-8-10-20(23)11-9-18)21(26)13-19-12-15(2)6-7-16(19)3/h6-12,17H,5,13-14H2,1-4H3,(H,24,27)/t17-/m1/s1. The fourth-order valence-electron chi connectivity index (χ4n) is 2.95. The van der Waals surface area contributed by atoms with Gasteiger partial charge in [0.25, 0.3) is 0 Å². The Bertz CT molecular complexity index is 802. The molecule has 0 aliphatic rings. The van der Waals surface area contributed by atoms with Crippen LogP contribution in [-0.2, 0) is 22.6 Å². The summed E-state index contributed by atoms with van der Waals surface area (Å²) in [6, 6.07) is 11.4. The van der Waals surface area contributed by atoms with E-state index in [4.69, 9.17) is 0 Å². The lowest BCUT2D eigenvalue weighted by Gasteiger charge is -2.29. The fraction of sp³-hybridized carbons (Fsp3) is 0.364. The largest absolute Gasteiger partial charge is 0.355 e. The van der Waals surface area contributed by atoms with Crippen molar-refractivity contribution in [2.75, 3.05) is 6.54 Å². The first-order valence-electron chi connectivity index (χ1n) is 9.19. The van der Waals surface area contributed by atoms with E-state index >= 15 is 0 Å². The van der Waals surface area contributed by atoms with E-state index in [1.54, 1.807) is 24.0 Å². The van der Waals surface area contributed by atoms with Crippen molar-refractivity contribution in [2.24, 2.45) is 0 Å². The van der Waals surface area contributed by atoms with Crippen LogP contribution in [0.5, 0.6) is 0 Å². The zero-order chi connectivity index (χ0) is 20.0. The summed E-state index contributed by atoms with van der Waals surface area (Å²) in [5.41, 5.74) is 3.86. The van der Waals surface area contributed by atoms with Gasteiger partial charge in [0.05, 0.1) is 6.42 Å². The number of carbonyl (C=O) groups excluding carboxylic acids is 2. The van der Waals surface area contributed by atoms with Crippen molar-refractivity contribution >= 4 is 11.8 Å². The second-order valence-corrected chi connectivity index (χ2v) is 6.83. The Morgan fingerprint density at radius 2 is 1.78 bits per heavy atom. The molecule has 0 radical (unpaired) electrons. The predicted octanol–water partition coefficient (Wildman–Crippen LogP) is 3.54. The Morgan fingerprint density at radius 3 is 2.41 bits per heavy atom. The Balaban J connectivity index is 2.26. The molecule has 0 aliphatic carbocycles. The predicted molar refractivity (Wildman–Crippen MR) is 105 cm³/mol. The van der Waals surface area contributed by atoms with Crippen molar-refractivity contribution in [3.05, 3.63) is 70.5 Å². The minimum absolute atomic E-state index is 0.133. The summed E-state index contributed by atoms with van der Waals surface area (Å²) in [6.07, 6.45) is 0.221. The second kappa shape index (κ2) is 9.31. The van der Waals surface area contributed by atoms with Gasteiger partial charge >= 0.3 is 0 Å². The summed E-state index contributed by atoms with van der Waals surface area (Å²) in [5.74, 6) is -0.663. The summed E-state index contributed by atoms with van der Waals surface area (Å²) < 4.78 is 13.2. The molecular weight excluding hydrogens is 343 g/mol. The van der Waals surface area contributed by atoms with Gasteiger partial charge < -0.3 is 10.2 Å². The van der Waals surface area contributed by atoms with Gasteiger partial charge in [-0.25, -0.2) is 4.39 Å². The number of benzene rings is 2. The van der Waals surface area contributed by atoms with Crippen molar-refractivity contribution in [3.63, 3.8) is 0 Å². The highest BCUT2D eigenvalue weighted by Gasteiger charge is 2.26. The summed E-state index contributed by atoms with van der Waals surface area (Å²) in [5, 5.41) is 2.77. The molecule has 4 nitrogen and oxygen atoms in total. The van der Waals surface area contributed by atoms with E-state index in [-0.39, 0.29) is 30.6 Å². The van der Waals surface area contributed by atoms with Crippen LogP contribution in [0.1, 0.15) is 36.1 Å². The number of nitrogens with one attached hydrogen (secondary N) is 1. The first kappa shape index (κ1) is 20.6. The molecule has 0 saturated carbocycles. The molecule has 2 aromatic rings. The van der Waals surface area contributed by atoms with Crippen LogP contribution in [0.2, 0.25) is 0 Å². The number of likely N-dealkylation sites (N-methyl/N-ethyl adjacent to an activating group) is 1. The van der Waals surface area contributed by atoms with Crippen molar-refractivity contribution in [2.45, 2.75) is 46.7 Å². The molecule has 5 heteroatoms. The molecule has 0 fully saturated rings. The molecule has 144 valence electrons. The van der Waals surface area contributed by atoms with E-state index in [0.717, 1.165) is 22.3 Å². The number of aryl methyl sites for hydroxylation is 2. The Hall–Kier alpha value is -2.69. The molecule has 0 spiro atoms.